The molecule has 0 N–H and O–H groups in total. The van der Waals surface area contributed by atoms with Gasteiger partial charge in [0.1, 0.15) is 0 Å². The van der Waals surface area contributed by atoms with E-state index in [-0.39, 0.29) is 0 Å². The van der Waals surface area contributed by atoms with Gasteiger partial charge in [0, 0.05) is 24.5 Å². The summed E-state index contributed by atoms with van der Waals surface area (Å²) in [5.41, 5.74) is 5.97. The van der Waals surface area contributed by atoms with Crippen LogP contribution in [0, 0.1) is 0 Å². The molecule has 0 radical (unpaired) electrons. The zero-order valence-corrected chi connectivity index (χ0v) is 11.4. The Balaban J connectivity index is 2.47. The molecule has 94 valence electrons. The number of aryl methyl sites for hydroxylation is 1. The molecule has 0 atom stereocenters. The van der Waals surface area contributed by atoms with E-state index in [2.05, 4.69) is 42.0 Å². The highest BCUT2D eigenvalue weighted by Gasteiger charge is 2.15. The number of hydrogen-bond donors (Lipinski definition) is 0. The average molecular weight is 240 g/mol. The molecule has 0 spiro atoms. The number of allylic oxidation sites excluding steroid dienone is 4. The minimum Gasteiger partial charge on any atom is -0.287 e. The van der Waals surface area contributed by atoms with Gasteiger partial charge in [0.2, 0.25) is 0 Å². The summed E-state index contributed by atoms with van der Waals surface area (Å²) in [4.78, 5) is 8.97. The second-order valence-electron chi connectivity index (χ2n) is 4.51. The van der Waals surface area contributed by atoms with Crippen LogP contribution >= 0.6 is 0 Å². The number of hydrogen-bond acceptors (Lipinski definition) is 2. The number of rotatable bonds is 3. The molecule has 0 unspecified atom stereocenters. The highest BCUT2D eigenvalue weighted by molar-refractivity contribution is 6.15. The van der Waals surface area contributed by atoms with Gasteiger partial charge in [-0.15, -0.1) is 0 Å². The summed E-state index contributed by atoms with van der Waals surface area (Å²) in [6.45, 7) is 4.30. The molecule has 1 aromatic rings. The molecule has 1 heterocycles. The first-order valence-electron chi connectivity index (χ1n) is 6.56. The van der Waals surface area contributed by atoms with E-state index in [1.165, 1.54) is 16.7 Å². The lowest BCUT2D eigenvalue weighted by atomic mass is 9.90. The van der Waals surface area contributed by atoms with Crippen molar-refractivity contribution in [2.45, 2.75) is 33.1 Å². The first-order chi connectivity index (χ1) is 8.77. The van der Waals surface area contributed by atoms with Crippen molar-refractivity contribution in [3.05, 3.63) is 52.9 Å². The third kappa shape index (κ3) is 2.42. The van der Waals surface area contributed by atoms with Crippen molar-refractivity contribution >= 4 is 5.71 Å². The van der Waals surface area contributed by atoms with Gasteiger partial charge in [-0.2, -0.15) is 0 Å². The van der Waals surface area contributed by atoms with Gasteiger partial charge in [0.05, 0.1) is 5.71 Å². The third-order valence-electron chi connectivity index (χ3n) is 3.35. The first kappa shape index (κ1) is 12.7. The fraction of sp³-hybridized carbons (Fsp3) is 0.375. The molecule has 2 rings (SSSR count). The van der Waals surface area contributed by atoms with Crippen molar-refractivity contribution in [2.75, 3.05) is 7.05 Å². The fourth-order valence-corrected chi connectivity index (χ4v) is 2.40. The molecule has 1 aliphatic carbocycles. The SMILES string of the molecule is CCc1ncccc1C(=NC)C1=CCCC=C1C. The summed E-state index contributed by atoms with van der Waals surface area (Å²) in [7, 11) is 1.87. The molecular formula is C16H20N2. The summed E-state index contributed by atoms with van der Waals surface area (Å²) in [5.74, 6) is 0. The second-order valence-corrected chi connectivity index (χ2v) is 4.51. The Morgan fingerprint density at radius 3 is 2.78 bits per heavy atom. The van der Waals surface area contributed by atoms with E-state index in [0.717, 1.165) is 30.7 Å². The van der Waals surface area contributed by atoms with E-state index < -0.39 is 0 Å². The Hall–Kier alpha value is -1.70. The summed E-state index contributed by atoms with van der Waals surface area (Å²) in [5, 5.41) is 0. The maximum absolute atomic E-state index is 4.51. The minimum atomic E-state index is 0.936. The Morgan fingerprint density at radius 1 is 1.33 bits per heavy atom. The monoisotopic (exact) mass is 240 g/mol. The normalized spacial score (nSPS) is 16.3. The van der Waals surface area contributed by atoms with E-state index in [9.17, 15) is 0 Å². The van der Waals surface area contributed by atoms with Crippen molar-refractivity contribution in [1.29, 1.82) is 0 Å². The third-order valence-corrected chi connectivity index (χ3v) is 3.35. The van der Waals surface area contributed by atoms with Crippen molar-refractivity contribution in [1.82, 2.24) is 4.98 Å². The lowest BCUT2D eigenvalue weighted by molar-refractivity contribution is 1.00. The smallest absolute Gasteiger partial charge is 0.0733 e. The maximum atomic E-state index is 4.51. The first-order valence-corrected chi connectivity index (χ1v) is 6.56. The Bertz CT molecular complexity index is 522. The Kier molecular flexibility index (Phi) is 4.08. The number of aliphatic imine (C=N–C) groups is 1. The fourth-order valence-electron chi connectivity index (χ4n) is 2.40. The van der Waals surface area contributed by atoms with Gasteiger partial charge in [-0.25, -0.2) is 0 Å². The summed E-state index contributed by atoms with van der Waals surface area (Å²) in [6, 6.07) is 4.11. The quantitative estimate of drug-likeness (QED) is 0.739. The van der Waals surface area contributed by atoms with Gasteiger partial charge >= 0.3 is 0 Å². The maximum Gasteiger partial charge on any atom is 0.0733 e. The summed E-state index contributed by atoms with van der Waals surface area (Å²) in [6.07, 6.45) is 9.62. The van der Waals surface area contributed by atoms with Crippen molar-refractivity contribution < 1.29 is 0 Å². The molecule has 2 heteroatoms. The van der Waals surface area contributed by atoms with Gasteiger partial charge in [-0.3, -0.25) is 9.98 Å². The molecule has 0 fully saturated rings. The number of nitrogens with zero attached hydrogens (tertiary/aromatic N) is 2. The zero-order chi connectivity index (χ0) is 13.0. The molecule has 1 aromatic heterocycles. The molecular weight excluding hydrogens is 220 g/mol. The summed E-state index contributed by atoms with van der Waals surface area (Å²) < 4.78 is 0. The Labute approximate surface area is 109 Å². The van der Waals surface area contributed by atoms with Crippen LogP contribution in [0.5, 0.6) is 0 Å². The highest BCUT2D eigenvalue weighted by atomic mass is 14.7. The van der Waals surface area contributed by atoms with E-state index in [1.54, 1.807) is 0 Å². The molecule has 0 aromatic carbocycles. The molecule has 0 aliphatic heterocycles. The molecule has 1 aliphatic rings. The predicted molar refractivity (Wildman–Crippen MR) is 77.2 cm³/mol. The molecule has 0 saturated heterocycles. The lowest BCUT2D eigenvalue weighted by Gasteiger charge is -2.17. The summed E-state index contributed by atoms with van der Waals surface area (Å²) >= 11 is 0. The van der Waals surface area contributed by atoms with E-state index in [1.807, 2.05) is 19.3 Å². The molecule has 0 saturated carbocycles. The van der Waals surface area contributed by atoms with Crippen LogP contribution in [0.2, 0.25) is 0 Å². The van der Waals surface area contributed by atoms with Gasteiger partial charge in [-0.05, 0) is 49.5 Å². The van der Waals surface area contributed by atoms with Crippen LogP contribution in [0.1, 0.15) is 37.9 Å². The van der Waals surface area contributed by atoms with Crippen LogP contribution in [0.3, 0.4) is 0 Å². The topological polar surface area (TPSA) is 25.2 Å². The van der Waals surface area contributed by atoms with Crippen LogP contribution < -0.4 is 0 Å². The minimum absolute atomic E-state index is 0.936. The number of pyridine rings is 1. The van der Waals surface area contributed by atoms with Crippen molar-refractivity contribution in [3.63, 3.8) is 0 Å². The van der Waals surface area contributed by atoms with Crippen LogP contribution in [0.15, 0.2) is 46.6 Å². The van der Waals surface area contributed by atoms with Crippen LogP contribution in [0.4, 0.5) is 0 Å². The van der Waals surface area contributed by atoms with E-state index >= 15 is 0 Å². The zero-order valence-electron chi connectivity index (χ0n) is 11.4. The Morgan fingerprint density at radius 2 is 2.11 bits per heavy atom. The number of aromatic nitrogens is 1. The van der Waals surface area contributed by atoms with Gasteiger partial charge in [0.25, 0.3) is 0 Å². The van der Waals surface area contributed by atoms with Crippen LogP contribution in [0.25, 0.3) is 0 Å². The van der Waals surface area contributed by atoms with Crippen LogP contribution in [-0.2, 0) is 6.42 Å². The van der Waals surface area contributed by atoms with Gasteiger partial charge in [0.15, 0.2) is 0 Å². The average Bonchev–Trinajstić information content (AvgIpc) is 2.42. The molecule has 18 heavy (non-hydrogen) atoms. The van der Waals surface area contributed by atoms with Gasteiger partial charge < -0.3 is 0 Å². The van der Waals surface area contributed by atoms with E-state index in [4.69, 9.17) is 0 Å². The molecule has 0 amide bonds. The van der Waals surface area contributed by atoms with Gasteiger partial charge in [-0.1, -0.05) is 19.1 Å². The highest BCUT2D eigenvalue weighted by Crippen LogP contribution is 2.24. The standard InChI is InChI=1S/C16H20N2/c1-4-15-14(10-7-11-18-15)16(17-3)13-9-6-5-8-12(13)2/h7-11H,4-6H2,1-3H3. The largest absolute Gasteiger partial charge is 0.287 e. The van der Waals surface area contributed by atoms with Crippen molar-refractivity contribution in [2.24, 2.45) is 4.99 Å². The predicted octanol–water partition coefficient (Wildman–Crippen LogP) is 3.73. The second kappa shape index (κ2) is 5.76. The molecule has 0 bridgehead atoms. The van der Waals surface area contributed by atoms with Crippen LogP contribution in [-0.4, -0.2) is 17.7 Å². The van der Waals surface area contributed by atoms with E-state index in [0.29, 0.717) is 0 Å². The van der Waals surface area contributed by atoms with Crippen molar-refractivity contribution in [3.8, 4) is 0 Å². The molecule has 2 nitrogen and oxygen atoms in total. The lowest BCUT2D eigenvalue weighted by Crippen LogP contribution is -2.12.